The third-order valence-electron chi connectivity index (χ3n) is 2.06. The molecule has 0 atom stereocenters. The minimum absolute atomic E-state index is 0.385. The zero-order chi connectivity index (χ0) is 10.1. The molecule has 0 saturated carbocycles. The Morgan fingerprint density at radius 1 is 1.50 bits per heavy atom. The average molecular weight is 337 g/mol. The van der Waals surface area contributed by atoms with Gasteiger partial charge < -0.3 is 0 Å². The summed E-state index contributed by atoms with van der Waals surface area (Å²) in [6.07, 6.45) is 0.892. The minimum atomic E-state index is 0.385. The molecule has 72 valence electrons. The van der Waals surface area contributed by atoms with Gasteiger partial charge in [0.25, 0.3) is 0 Å². The fourth-order valence-corrected chi connectivity index (χ4v) is 3.46. The van der Waals surface area contributed by atoms with Crippen LogP contribution in [0, 0.1) is 2.88 Å². The summed E-state index contributed by atoms with van der Waals surface area (Å²) < 4.78 is 2.33. The molecule has 0 aliphatic carbocycles. The molecule has 1 heterocycles. The van der Waals surface area contributed by atoms with Crippen LogP contribution < -0.4 is 0 Å². The van der Waals surface area contributed by atoms with E-state index in [-0.39, 0.29) is 0 Å². The molecule has 0 saturated heterocycles. The summed E-state index contributed by atoms with van der Waals surface area (Å²) in [5, 5.41) is 1.02. The number of thiophene rings is 1. The first-order valence-corrected chi connectivity index (χ1v) is 6.41. The van der Waals surface area contributed by atoms with Crippen LogP contribution in [0.25, 0.3) is 10.1 Å². The Morgan fingerprint density at radius 2 is 2.29 bits per heavy atom. The summed E-state index contributed by atoms with van der Waals surface area (Å²) >= 11 is 9.71. The summed E-state index contributed by atoms with van der Waals surface area (Å²) in [6.45, 7) is 0. The van der Waals surface area contributed by atoms with Gasteiger partial charge in [0.1, 0.15) is 0 Å². The molecule has 0 aliphatic rings. The zero-order valence-corrected chi connectivity index (χ0v) is 10.8. The second-order valence-corrected chi connectivity index (χ2v) is 6.10. The van der Waals surface area contributed by atoms with E-state index < -0.39 is 0 Å². The van der Waals surface area contributed by atoms with Crippen LogP contribution in [0.1, 0.15) is 15.9 Å². The van der Waals surface area contributed by atoms with Crippen molar-refractivity contribution in [3.63, 3.8) is 0 Å². The minimum Gasteiger partial charge on any atom is -0.298 e. The van der Waals surface area contributed by atoms with E-state index in [1.54, 1.807) is 11.3 Å². The Bertz CT molecular complexity index is 492. The van der Waals surface area contributed by atoms with Crippen LogP contribution in [0.3, 0.4) is 0 Å². The molecule has 14 heavy (non-hydrogen) atoms. The summed E-state index contributed by atoms with van der Waals surface area (Å²) in [4.78, 5) is 11.0. The maximum Gasteiger partial charge on any atom is 0.151 e. The van der Waals surface area contributed by atoms with E-state index >= 15 is 0 Å². The highest BCUT2D eigenvalue weighted by Crippen LogP contribution is 2.30. The van der Waals surface area contributed by atoms with Gasteiger partial charge in [0.2, 0.25) is 0 Å². The summed E-state index contributed by atoms with van der Waals surface area (Å²) in [6, 6.07) is 5.97. The third-order valence-corrected chi connectivity index (χ3v) is 4.21. The van der Waals surface area contributed by atoms with Crippen molar-refractivity contribution in [1.82, 2.24) is 0 Å². The molecule has 0 radical (unpaired) electrons. The summed E-state index contributed by atoms with van der Waals surface area (Å²) in [5.74, 6) is 0.385. The van der Waals surface area contributed by atoms with Crippen molar-refractivity contribution in [1.29, 1.82) is 0 Å². The first kappa shape index (κ1) is 10.4. The summed E-state index contributed by atoms with van der Waals surface area (Å²) in [5.41, 5.74) is 1.64. The van der Waals surface area contributed by atoms with Gasteiger partial charge in [-0.1, -0.05) is 6.07 Å². The molecule has 1 aromatic heterocycles. The predicted molar refractivity (Wildman–Crippen MR) is 69.5 cm³/mol. The van der Waals surface area contributed by atoms with Crippen LogP contribution in [-0.4, -0.2) is 6.29 Å². The smallest absolute Gasteiger partial charge is 0.151 e. The van der Waals surface area contributed by atoms with Crippen molar-refractivity contribution >= 4 is 61.9 Å². The molecular formula is C10H6ClIOS. The van der Waals surface area contributed by atoms with Crippen LogP contribution in [0.5, 0.6) is 0 Å². The quantitative estimate of drug-likeness (QED) is 0.459. The third kappa shape index (κ3) is 1.68. The molecule has 4 heteroatoms. The van der Waals surface area contributed by atoms with Crippen LogP contribution in [0.15, 0.2) is 18.2 Å². The number of aldehydes is 1. The van der Waals surface area contributed by atoms with Crippen molar-refractivity contribution in [2.45, 2.75) is 5.88 Å². The summed E-state index contributed by atoms with van der Waals surface area (Å²) in [7, 11) is 0. The molecule has 0 unspecified atom stereocenters. The van der Waals surface area contributed by atoms with E-state index in [2.05, 4.69) is 22.6 Å². The van der Waals surface area contributed by atoms with Crippen LogP contribution >= 0.6 is 45.5 Å². The Hall–Kier alpha value is -0.130. The van der Waals surface area contributed by atoms with Crippen molar-refractivity contribution in [2.75, 3.05) is 0 Å². The van der Waals surface area contributed by atoms with Gasteiger partial charge in [-0.2, -0.15) is 0 Å². The Labute approximate surface area is 104 Å². The van der Waals surface area contributed by atoms with E-state index in [1.165, 1.54) is 2.88 Å². The number of hydrogen-bond acceptors (Lipinski definition) is 2. The molecule has 0 N–H and O–H groups in total. The SMILES string of the molecule is O=Cc1c(CCl)ccc2sc(I)cc12. The second kappa shape index (κ2) is 4.16. The van der Waals surface area contributed by atoms with Crippen molar-refractivity contribution in [3.05, 3.63) is 32.2 Å². The molecule has 0 amide bonds. The number of benzene rings is 1. The number of hydrogen-bond donors (Lipinski definition) is 0. The van der Waals surface area contributed by atoms with Gasteiger partial charge in [-0.15, -0.1) is 22.9 Å². The average Bonchev–Trinajstić information content (AvgIpc) is 2.56. The molecule has 0 spiro atoms. The van der Waals surface area contributed by atoms with Crippen LogP contribution in [0.4, 0.5) is 0 Å². The van der Waals surface area contributed by atoms with E-state index in [0.717, 1.165) is 27.5 Å². The number of rotatable bonds is 2. The van der Waals surface area contributed by atoms with Gasteiger partial charge in [0, 0.05) is 21.5 Å². The largest absolute Gasteiger partial charge is 0.298 e. The number of carbonyl (C=O) groups excluding carboxylic acids is 1. The molecular weight excluding hydrogens is 331 g/mol. The maximum atomic E-state index is 11.0. The number of fused-ring (bicyclic) bond motifs is 1. The number of halogens is 2. The van der Waals surface area contributed by atoms with E-state index in [9.17, 15) is 4.79 Å². The normalized spacial score (nSPS) is 10.7. The van der Waals surface area contributed by atoms with Gasteiger partial charge >= 0.3 is 0 Å². The van der Waals surface area contributed by atoms with Gasteiger partial charge in [-0.3, -0.25) is 4.79 Å². The highest BCUT2D eigenvalue weighted by atomic mass is 127. The van der Waals surface area contributed by atoms with Crippen LogP contribution in [-0.2, 0) is 5.88 Å². The lowest BCUT2D eigenvalue weighted by Gasteiger charge is -2.00. The fourth-order valence-electron chi connectivity index (χ4n) is 1.40. The second-order valence-electron chi connectivity index (χ2n) is 2.85. The van der Waals surface area contributed by atoms with E-state index in [0.29, 0.717) is 5.88 Å². The molecule has 1 aromatic carbocycles. The van der Waals surface area contributed by atoms with Gasteiger partial charge in [0.05, 0.1) is 2.88 Å². The van der Waals surface area contributed by atoms with Gasteiger partial charge in [-0.05, 0) is 40.3 Å². The zero-order valence-electron chi connectivity index (χ0n) is 7.09. The monoisotopic (exact) mass is 336 g/mol. The molecule has 1 nitrogen and oxygen atoms in total. The van der Waals surface area contributed by atoms with Crippen LogP contribution in [0.2, 0.25) is 0 Å². The van der Waals surface area contributed by atoms with Crippen molar-refractivity contribution in [3.8, 4) is 0 Å². The lowest BCUT2D eigenvalue weighted by molar-refractivity contribution is 0.112. The van der Waals surface area contributed by atoms with Crippen molar-refractivity contribution in [2.24, 2.45) is 0 Å². The first-order valence-electron chi connectivity index (χ1n) is 3.98. The Balaban J connectivity index is 2.82. The lowest BCUT2D eigenvalue weighted by Crippen LogP contribution is -1.89. The first-order chi connectivity index (χ1) is 6.76. The number of alkyl halides is 1. The topological polar surface area (TPSA) is 17.1 Å². The Kier molecular flexibility index (Phi) is 3.09. The Morgan fingerprint density at radius 3 is 2.93 bits per heavy atom. The van der Waals surface area contributed by atoms with Gasteiger partial charge in [-0.25, -0.2) is 0 Å². The molecule has 0 aliphatic heterocycles. The molecule has 0 bridgehead atoms. The lowest BCUT2D eigenvalue weighted by atomic mass is 10.1. The van der Waals surface area contributed by atoms with Crippen molar-refractivity contribution < 1.29 is 4.79 Å². The number of carbonyl (C=O) groups is 1. The highest BCUT2D eigenvalue weighted by molar-refractivity contribution is 14.1. The molecule has 2 aromatic rings. The molecule has 2 rings (SSSR count). The highest BCUT2D eigenvalue weighted by Gasteiger charge is 2.08. The fraction of sp³-hybridized carbons (Fsp3) is 0.100. The van der Waals surface area contributed by atoms with Gasteiger partial charge in [0.15, 0.2) is 6.29 Å². The van der Waals surface area contributed by atoms with E-state index in [1.807, 2.05) is 18.2 Å². The standard InChI is InChI=1S/C10H6ClIOS/c11-4-6-1-2-9-7(8(6)5-13)3-10(12)14-9/h1-3,5H,4H2. The predicted octanol–water partition coefficient (Wildman–Crippen LogP) is 4.06. The molecule has 0 fully saturated rings. The maximum absolute atomic E-state index is 11.0. The van der Waals surface area contributed by atoms with E-state index in [4.69, 9.17) is 11.6 Å².